The Morgan fingerprint density at radius 2 is 1.50 bits per heavy atom. The highest BCUT2D eigenvalue weighted by molar-refractivity contribution is 7.80. The molecule has 0 saturated carbocycles. The summed E-state index contributed by atoms with van der Waals surface area (Å²) in [5.74, 6) is 2.08. The lowest BCUT2D eigenvalue weighted by molar-refractivity contribution is 0.395. The lowest BCUT2D eigenvalue weighted by Crippen LogP contribution is -2.19. The maximum absolute atomic E-state index is 5.33. The molecule has 0 spiro atoms. The van der Waals surface area contributed by atoms with E-state index < -0.39 is 0 Å². The van der Waals surface area contributed by atoms with E-state index in [1.165, 1.54) is 0 Å². The van der Waals surface area contributed by atoms with Gasteiger partial charge in [-0.3, -0.25) is 0 Å². The first-order chi connectivity index (χ1) is 10.7. The number of thiocarbonyl (C=S) groups is 1. The predicted octanol–water partition coefficient (Wildman–Crippen LogP) is 3.52. The molecule has 22 heavy (non-hydrogen) atoms. The van der Waals surface area contributed by atoms with Crippen LogP contribution in [0.15, 0.2) is 42.5 Å². The number of nitrogens with one attached hydrogen (secondary N) is 2. The standard InChI is InChI=1S/C16H18N2O3S/c1-19-12-8-11(9-13(10-12)20-2)17-16(22)18-14-6-4-5-7-15(14)21-3/h4-10H,1-3H3,(H2,17,18,22). The summed E-state index contributed by atoms with van der Waals surface area (Å²) in [5, 5.41) is 6.64. The van der Waals surface area contributed by atoms with Crippen molar-refractivity contribution in [3.63, 3.8) is 0 Å². The lowest BCUT2D eigenvalue weighted by Gasteiger charge is -2.14. The fraction of sp³-hybridized carbons (Fsp3) is 0.188. The van der Waals surface area contributed by atoms with Crippen molar-refractivity contribution in [2.45, 2.75) is 0 Å². The molecular formula is C16H18N2O3S. The predicted molar refractivity (Wildman–Crippen MR) is 92.4 cm³/mol. The van der Waals surface area contributed by atoms with Crippen molar-refractivity contribution in [2.24, 2.45) is 0 Å². The first kappa shape index (κ1) is 15.9. The number of anilines is 2. The lowest BCUT2D eigenvalue weighted by atomic mass is 10.2. The van der Waals surface area contributed by atoms with Crippen LogP contribution in [0.25, 0.3) is 0 Å². The average Bonchev–Trinajstić information content (AvgIpc) is 2.54. The molecule has 0 amide bonds. The van der Waals surface area contributed by atoms with Crippen molar-refractivity contribution in [1.82, 2.24) is 0 Å². The largest absolute Gasteiger partial charge is 0.497 e. The molecule has 0 saturated heterocycles. The summed E-state index contributed by atoms with van der Waals surface area (Å²) >= 11 is 5.33. The van der Waals surface area contributed by atoms with E-state index in [4.69, 9.17) is 26.4 Å². The van der Waals surface area contributed by atoms with Crippen molar-refractivity contribution in [3.8, 4) is 17.2 Å². The zero-order valence-corrected chi connectivity index (χ0v) is 13.5. The Morgan fingerprint density at radius 1 is 0.864 bits per heavy atom. The Morgan fingerprint density at radius 3 is 2.09 bits per heavy atom. The Bertz CT molecular complexity index is 639. The molecule has 0 fully saturated rings. The Labute approximate surface area is 135 Å². The van der Waals surface area contributed by atoms with Gasteiger partial charge in [-0.2, -0.15) is 0 Å². The zero-order valence-electron chi connectivity index (χ0n) is 12.7. The summed E-state index contributed by atoms with van der Waals surface area (Å²) < 4.78 is 15.7. The summed E-state index contributed by atoms with van der Waals surface area (Å²) in [6.45, 7) is 0. The first-order valence-electron chi connectivity index (χ1n) is 6.60. The van der Waals surface area contributed by atoms with Gasteiger partial charge in [0.1, 0.15) is 17.2 Å². The van der Waals surface area contributed by atoms with E-state index in [9.17, 15) is 0 Å². The normalized spacial score (nSPS) is 9.77. The van der Waals surface area contributed by atoms with Gasteiger partial charge in [-0.05, 0) is 24.4 Å². The van der Waals surface area contributed by atoms with Gasteiger partial charge < -0.3 is 24.8 Å². The first-order valence-corrected chi connectivity index (χ1v) is 7.01. The van der Waals surface area contributed by atoms with E-state index in [-0.39, 0.29) is 0 Å². The van der Waals surface area contributed by atoms with Crippen LogP contribution in [-0.4, -0.2) is 26.4 Å². The minimum absolute atomic E-state index is 0.444. The summed E-state index contributed by atoms with van der Waals surface area (Å²) in [4.78, 5) is 0. The van der Waals surface area contributed by atoms with E-state index in [0.717, 1.165) is 17.1 Å². The van der Waals surface area contributed by atoms with Crippen LogP contribution in [0.3, 0.4) is 0 Å². The zero-order chi connectivity index (χ0) is 15.9. The van der Waals surface area contributed by atoms with Crippen LogP contribution in [0, 0.1) is 0 Å². The SMILES string of the molecule is COc1cc(NC(=S)Nc2ccccc2OC)cc(OC)c1. The summed E-state index contributed by atoms with van der Waals surface area (Å²) in [7, 11) is 4.82. The van der Waals surface area contributed by atoms with Gasteiger partial charge >= 0.3 is 0 Å². The number of rotatable bonds is 5. The van der Waals surface area contributed by atoms with Gasteiger partial charge in [0.15, 0.2) is 5.11 Å². The summed E-state index contributed by atoms with van der Waals surface area (Å²) in [6, 6.07) is 13.0. The molecule has 0 aliphatic heterocycles. The third-order valence-corrected chi connectivity index (χ3v) is 3.17. The number of hydrogen-bond donors (Lipinski definition) is 2. The minimum atomic E-state index is 0.444. The molecule has 2 rings (SSSR count). The molecule has 2 aromatic rings. The van der Waals surface area contributed by atoms with Crippen molar-refractivity contribution < 1.29 is 14.2 Å². The van der Waals surface area contributed by atoms with Crippen LogP contribution in [0.4, 0.5) is 11.4 Å². The molecule has 0 radical (unpaired) electrons. The van der Waals surface area contributed by atoms with Crippen LogP contribution in [0.5, 0.6) is 17.2 Å². The van der Waals surface area contributed by atoms with Gasteiger partial charge in [0.2, 0.25) is 0 Å². The topological polar surface area (TPSA) is 51.8 Å². The highest BCUT2D eigenvalue weighted by atomic mass is 32.1. The molecule has 5 nitrogen and oxygen atoms in total. The minimum Gasteiger partial charge on any atom is -0.497 e. The van der Waals surface area contributed by atoms with Gasteiger partial charge in [-0.25, -0.2) is 0 Å². The van der Waals surface area contributed by atoms with Crippen LogP contribution in [0.2, 0.25) is 0 Å². The van der Waals surface area contributed by atoms with Crippen molar-refractivity contribution >= 4 is 28.7 Å². The number of benzene rings is 2. The molecule has 2 aromatic carbocycles. The maximum atomic E-state index is 5.33. The average molecular weight is 318 g/mol. The van der Waals surface area contributed by atoms with E-state index in [0.29, 0.717) is 16.6 Å². The second-order valence-corrected chi connectivity index (χ2v) is 4.79. The fourth-order valence-electron chi connectivity index (χ4n) is 1.91. The number of ether oxygens (including phenoxy) is 3. The van der Waals surface area contributed by atoms with E-state index in [1.807, 2.05) is 36.4 Å². The van der Waals surface area contributed by atoms with E-state index in [2.05, 4.69) is 10.6 Å². The molecule has 0 aromatic heterocycles. The van der Waals surface area contributed by atoms with Crippen molar-refractivity contribution in [3.05, 3.63) is 42.5 Å². The van der Waals surface area contributed by atoms with Gasteiger partial charge in [-0.15, -0.1) is 0 Å². The van der Waals surface area contributed by atoms with Crippen LogP contribution >= 0.6 is 12.2 Å². The third kappa shape index (κ3) is 4.02. The second-order valence-electron chi connectivity index (χ2n) is 4.38. The Hall–Kier alpha value is -2.47. The smallest absolute Gasteiger partial charge is 0.175 e. The molecule has 0 heterocycles. The monoisotopic (exact) mass is 318 g/mol. The number of methoxy groups -OCH3 is 3. The molecular weight excluding hydrogens is 300 g/mol. The summed E-state index contributed by atoms with van der Waals surface area (Å²) in [6.07, 6.45) is 0. The van der Waals surface area contributed by atoms with Gasteiger partial charge in [0.25, 0.3) is 0 Å². The molecule has 2 N–H and O–H groups in total. The van der Waals surface area contributed by atoms with Gasteiger partial charge in [0.05, 0.1) is 27.0 Å². The number of hydrogen-bond acceptors (Lipinski definition) is 4. The molecule has 0 atom stereocenters. The maximum Gasteiger partial charge on any atom is 0.175 e. The highest BCUT2D eigenvalue weighted by Crippen LogP contribution is 2.27. The highest BCUT2D eigenvalue weighted by Gasteiger charge is 2.06. The quantitative estimate of drug-likeness (QED) is 0.823. The number of para-hydroxylation sites is 2. The molecule has 116 valence electrons. The summed E-state index contributed by atoms with van der Waals surface area (Å²) in [5.41, 5.74) is 1.56. The molecule has 0 aliphatic rings. The van der Waals surface area contributed by atoms with Gasteiger partial charge in [0, 0.05) is 23.9 Å². The van der Waals surface area contributed by atoms with E-state index in [1.54, 1.807) is 27.4 Å². The van der Waals surface area contributed by atoms with Crippen molar-refractivity contribution in [2.75, 3.05) is 32.0 Å². The van der Waals surface area contributed by atoms with Crippen molar-refractivity contribution in [1.29, 1.82) is 0 Å². The third-order valence-electron chi connectivity index (χ3n) is 2.96. The fourth-order valence-corrected chi connectivity index (χ4v) is 2.14. The molecule has 0 aliphatic carbocycles. The Balaban J connectivity index is 2.12. The second kappa shape index (κ2) is 7.51. The van der Waals surface area contributed by atoms with Gasteiger partial charge in [-0.1, -0.05) is 12.1 Å². The Kier molecular flexibility index (Phi) is 5.43. The molecule has 0 unspecified atom stereocenters. The van der Waals surface area contributed by atoms with E-state index >= 15 is 0 Å². The molecule has 0 bridgehead atoms. The van der Waals surface area contributed by atoms with Crippen LogP contribution in [-0.2, 0) is 0 Å². The van der Waals surface area contributed by atoms with Crippen LogP contribution in [0.1, 0.15) is 0 Å². The van der Waals surface area contributed by atoms with Crippen LogP contribution < -0.4 is 24.8 Å². The molecule has 6 heteroatoms.